The van der Waals surface area contributed by atoms with E-state index in [2.05, 4.69) is 15.9 Å². The van der Waals surface area contributed by atoms with E-state index in [4.69, 9.17) is 4.74 Å². The van der Waals surface area contributed by atoms with Crippen LogP contribution in [0.1, 0.15) is 24.0 Å². The fourth-order valence-electron chi connectivity index (χ4n) is 1.64. The average molecular weight is 257 g/mol. The highest BCUT2D eigenvalue weighted by Gasteiger charge is 2.43. The molecule has 1 aliphatic rings. The zero-order chi connectivity index (χ0) is 10.3. The summed E-state index contributed by atoms with van der Waals surface area (Å²) >= 11 is 3.47. The number of methoxy groups -OCH3 is 1. The van der Waals surface area contributed by atoms with Gasteiger partial charge in [-0.15, -0.1) is 0 Å². The lowest BCUT2D eigenvalue weighted by atomic mass is 10.0. The van der Waals surface area contributed by atoms with Crippen molar-refractivity contribution in [2.45, 2.75) is 25.4 Å². The lowest BCUT2D eigenvalue weighted by molar-refractivity contribution is 0.150. The number of rotatable bonds is 2. The summed E-state index contributed by atoms with van der Waals surface area (Å²) in [7, 11) is 1.64. The van der Waals surface area contributed by atoms with Crippen molar-refractivity contribution in [3.63, 3.8) is 0 Å². The van der Waals surface area contributed by atoms with Gasteiger partial charge in [-0.25, -0.2) is 0 Å². The molecule has 0 amide bonds. The van der Waals surface area contributed by atoms with Gasteiger partial charge in [-0.2, -0.15) is 0 Å². The van der Waals surface area contributed by atoms with Crippen LogP contribution >= 0.6 is 15.9 Å². The Bertz CT molecular complexity index is 370. The predicted octanol–water partition coefficient (Wildman–Crippen LogP) is 2.75. The molecule has 2 rings (SSSR count). The first-order chi connectivity index (χ1) is 6.57. The maximum Gasteiger partial charge on any atom is 0.120 e. The van der Waals surface area contributed by atoms with Gasteiger partial charge in [-0.1, -0.05) is 15.9 Å². The van der Waals surface area contributed by atoms with Crippen molar-refractivity contribution in [1.82, 2.24) is 0 Å². The van der Waals surface area contributed by atoms with E-state index in [0.717, 1.165) is 34.2 Å². The van der Waals surface area contributed by atoms with Crippen molar-refractivity contribution >= 4 is 15.9 Å². The Morgan fingerprint density at radius 2 is 2.07 bits per heavy atom. The van der Waals surface area contributed by atoms with Gasteiger partial charge in [0, 0.05) is 4.47 Å². The number of halogens is 1. The molecule has 0 heterocycles. The lowest BCUT2D eigenvalue weighted by Crippen LogP contribution is -2.07. The Labute approximate surface area is 92.0 Å². The summed E-state index contributed by atoms with van der Waals surface area (Å²) in [4.78, 5) is 0. The van der Waals surface area contributed by atoms with Crippen molar-refractivity contribution in [1.29, 1.82) is 0 Å². The number of aliphatic hydroxyl groups is 1. The van der Waals surface area contributed by atoms with Gasteiger partial charge in [0.2, 0.25) is 0 Å². The van der Waals surface area contributed by atoms with Gasteiger partial charge in [-0.05, 0) is 43.0 Å². The molecule has 1 aliphatic carbocycles. The van der Waals surface area contributed by atoms with Crippen molar-refractivity contribution in [3.05, 3.63) is 27.7 Å². The van der Waals surface area contributed by atoms with Crippen molar-refractivity contribution in [2.24, 2.45) is 0 Å². The van der Waals surface area contributed by atoms with Gasteiger partial charge < -0.3 is 9.84 Å². The Morgan fingerprint density at radius 1 is 1.43 bits per heavy atom. The molecule has 0 saturated heterocycles. The highest BCUT2D eigenvalue weighted by molar-refractivity contribution is 9.10. The molecule has 76 valence electrons. The number of ether oxygens (including phenoxy) is 1. The molecular formula is C11H13BrO2. The summed E-state index contributed by atoms with van der Waals surface area (Å²) in [5, 5.41) is 10.0. The maximum absolute atomic E-state index is 10.0. The first kappa shape index (κ1) is 9.99. The van der Waals surface area contributed by atoms with Crippen LogP contribution in [0.3, 0.4) is 0 Å². The molecule has 0 spiro atoms. The molecule has 1 fully saturated rings. The molecule has 3 heteroatoms. The Morgan fingerprint density at radius 3 is 2.57 bits per heavy atom. The first-order valence-corrected chi connectivity index (χ1v) is 5.43. The van der Waals surface area contributed by atoms with Crippen molar-refractivity contribution in [2.75, 3.05) is 7.11 Å². The molecule has 1 aromatic carbocycles. The third-order valence-electron chi connectivity index (χ3n) is 2.78. The van der Waals surface area contributed by atoms with Crippen LogP contribution < -0.4 is 4.74 Å². The second kappa shape index (κ2) is 3.24. The highest BCUT2D eigenvalue weighted by atomic mass is 79.9. The van der Waals surface area contributed by atoms with E-state index in [-0.39, 0.29) is 0 Å². The monoisotopic (exact) mass is 256 g/mol. The summed E-state index contributed by atoms with van der Waals surface area (Å²) < 4.78 is 6.17. The Balaban J connectivity index is 2.52. The lowest BCUT2D eigenvalue weighted by Gasteiger charge is -2.14. The summed E-state index contributed by atoms with van der Waals surface area (Å²) in [5.74, 6) is 0.790. The van der Waals surface area contributed by atoms with Crippen molar-refractivity contribution < 1.29 is 9.84 Å². The van der Waals surface area contributed by atoms with Gasteiger partial charge in [0.05, 0.1) is 12.7 Å². The van der Waals surface area contributed by atoms with Crippen molar-refractivity contribution in [3.8, 4) is 5.75 Å². The molecule has 0 unspecified atom stereocenters. The van der Waals surface area contributed by atoms with Gasteiger partial charge in [-0.3, -0.25) is 0 Å². The van der Waals surface area contributed by atoms with Crippen LogP contribution in [0.25, 0.3) is 0 Å². The molecule has 0 atom stereocenters. The number of hydrogen-bond donors (Lipinski definition) is 1. The van der Waals surface area contributed by atoms with Gasteiger partial charge in [0.1, 0.15) is 5.75 Å². The Kier molecular flexibility index (Phi) is 2.32. The molecule has 14 heavy (non-hydrogen) atoms. The molecule has 0 aliphatic heterocycles. The van der Waals surface area contributed by atoms with Gasteiger partial charge >= 0.3 is 0 Å². The zero-order valence-electron chi connectivity index (χ0n) is 8.30. The molecular weight excluding hydrogens is 244 g/mol. The third-order valence-corrected chi connectivity index (χ3v) is 3.60. The Hall–Kier alpha value is -0.540. The first-order valence-electron chi connectivity index (χ1n) is 4.64. The smallest absolute Gasteiger partial charge is 0.120 e. The quantitative estimate of drug-likeness (QED) is 0.882. The minimum absolute atomic E-state index is 0.596. The van der Waals surface area contributed by atoms with E-state index in [9.17, 15) is 5.11 Å². The molecule has 0 bridgehead atoms. The molecule has 1 saturated carbocycles. The van der Waals surface area contributed by atoms with Gasteiger partial charge in [0.25, 0.3) is 0 Å². The minimum atomic E-state index is -0.596. The topological polar surface area (TPSA) is 29.5 Å². The van der Waals surface area contributed by atoms with E-state index in [0.29, 0.717) is 0 Å². The third kappa shape index (κ3) is 1.55. The zero-order valence-corrected chi connectivity index (χ0v) is 9.89. The normalized spacial score (nSPS) is 18.0. The van der Waals surface area contributed by atoms with Crippen LogP contribution in [-0.2, 0) is 5.60 Å². The fraction of sp³-hybridized carbons (Fsp3) is 0.455. The predicted molar refractivity (Wildman–Crippen MR) is 58.6 cm³/mol. The highest BCUT2D eigenvalue weighted by Crippen LogP contribution is 2.48. The molecule has 0 aromatic heterocycles. The van der Waals surface area contributed by atoms with Gasteiger partial charge in [0.15, 0.2) is 0 Å². The van der Waals surface area contributed by atoms with Crippen LogP contribution in [0.2, 0.25) is 0 Å². The summed E-state index contributed by atoms with van der Waals surface area (Å²) in [5.41, 5.74) is 1.50. The van der Waals surface area contributed by atoms with Crippen LogP contribution in [0.5, 0.6) is 5.75 Å². The largest absolute Gasteiger partial charge is 0.497 e. The summed E-state index contributed by atoms with van der Waals surface area (Å²) in [6, 6.07) is 3.84. The average Bonchev–Trinajstić information content (AvgIpc) is 2.89. The standard InChI is InChI=1S/C11H13BrO2/c1-7-9(11(13)3-4-11)5-8(14-2)6-10(7)12/h5-6,13H,3-4H2,1-2H3. The van der Waals surface area contributed by atoms with Crippen LogP contribution in [0.4, 0.5) is 0 Å². The summed E-state index contributed by atoms with van der Waals surface area (Å²) in [6.45, 7) is 2.01. The molecule has 2 nitrogen and oxygen atoms in total. The SMILES string of the molecule is COc1cc(Br)c(C)c(C2(O)CC2)c1. The van der Waals surface area contributed by atoms with Crippen LogP contribution in [-0.4, -0.2) is 12.2 Å². The van der Waals surface area contributed by atoms with Crippen LogP contribution in [0, 0.1) is 6.92 Å². The fourth-order valence-corrected chi connectivity index (χ4v) is 2.08. The minimum Gasteiger partial charge on any atom is -0.497 e. The number of hydrogen-bond acceptors (Lipinski definition) is 2. The maximum atomic E-state index is 10.0. The van der Waals surface area contributed by atoms with E-state index < -0.39 is 5.60 Å². The molecule has 0 radical (unpaired) electrons. The second-order valence-corrected chi connectivity index (χ2v) is 4.67. The van der Waals surface area contributed by atoms with E-state index in [1.165, 1.54) is 0 Å². The van der Waals surface area contributed by atoms with Crippen LogP contribution in [0.15, 0.2) is 16.6 Å². The van der Waals surface area contributed by atoms with E-state index in [1.807, 2.05) is 19.1 Å². The molecule has 1 N–H and O–H groups in total. The summed E-state index contributed by atoms with van der Waals surface area (Å²) in [6.07, 6.45) is 1.71. The number of benzene rings is 1. The second-order valence-electron chi connectivity index (χ2n) is 3.81. The van der Waals surface area contributed by atoms with E-state index in [1.54, 1.807) is 7.11 Å². The molecule has 1 aromatic rings. The van der Waals surface area contributed by atoms with E-state index >= 15 is 0 Å².